The summed E-state index contributed by atoms with van der Waals surface area (Å²) in [6.45, 7) is 15.4. The van der Waals surface area contributed by atoms with Gasteiger partial charge in [-0.25, -0.2) is 15.2 Å². The molecule has 2 saturated heterocycles. The number of aryl methyl sites for hydroxylation is 1. The molecule has 1 aromatic carbocycles. The quantitative estimate of drug-likeness (QED) is 0.200. The topological polar surface area (TPSA) is 154 Å². The lowest BCUT2D eigenvalue weighted by atomic mass is 9.84. The van der Waals surface area contributed by atoms with Gasteiger partial charge < -0.3 is 29.2 Å². The minimum Gasteiger partial charge on any atom is -0.464 e. The zero-order valence-corrected chi connectivity index (χ0v) is 39.7. The number of amides is 4. The van der Waals surface area contributed by atoms with Gasteiger partial charge in [0.15, 0.2) is 0 Å². The number of pyridine rings is 1. The van der Waals surface area contributed by atoms with Gasteiger partial charge in [-0.15, -0.1) is 11.3 Å². The van der Waals surface area contributed by atoms with E-state index in [9.17, 15) is 19.2 Å². The van der Waals surface area contributed by atoms with Gasteiger partial charge in [0.1, 0.15) is 18.1 Å². The van der Waals surface area contributed by atoms with E-state index in [2.05, 4.69) is 72.3 Å². The Morgan fingerprint density at radius 2 is 1.91 bits per heavy atom. The van der Waals surface area contributed by atoms with Crippen LogP contribution < -0.4 is 10.7 Å². The Morgan fingerprint density at radius 1 is 1.12 bits per heavy atom. The highest BCUT2D eigenvalue weighted by atomic mass is 32.1. The third-order valence-electron chi connectivity index (χ3n) is 13.9. The second-order valence-corrected chi connectivity index (χ2v) is 20.4. The summed E-state index contributed by atoms with van der Waals surface area (Å²) in [4.78, 5) is 72.7. The summed E-state index contributed by atoms with van der Waals surface area (Å²) in [6.07, 6.45) is 5.43. The molecule has 2 N–H and O–H groups in total. The average molecular weight is 896 g/mol. The molecule has 1 spiro atoms. The molecule has 8 rings (SSSR count). The molecule has 4 aromatic rings. The molecule has 344 valence electrons. The molecule has 4 aliphatic rings. The van der Waals surface area contributed by atoms with Crippen LogP contribution in [0, 0.1) is 11.3 Å². The molecule has 6 heterocycles. The summed E-state index contributed by atoms with van der Waals surface area (Å²) in [5.74, 6) is -1.48. The highest BCUT2D eigenvalue weighted by Gasteiger charge is 2.51. The van der Waals surface area contributed by atoms with Gasteiger partial charge in [-0.1, -0.05) is 33.8 Å². The number of likely N-dealkylation sites (N-methyl/N-ethyl adjacent to an activating group) is 2. The third kappa shape index (κ3) is 8.90. The Hall–Kier alpha value is -4.90. The molecule has 1 unspecified atom stereocenters. The number of esters is 1. The van der Waals surface area contributed by atoms with E-state index in [1.165, 1.54) is 21.2 Å². The predicted octanol–water partition coefficient (Wildman–Crippen LogP) is 6.06. The molecule has 15 nitrogen and oxygen atoms in total. The number of ether oxygens (including phenoxy) is 2. The molecule has 1 aliphatic carbocycles. The number of carbonyl (C=O) groups excluding carboxylic acids is 4. The Morgan fingerprint density at radius 3 is 2.62 bits per heavy atom. The Kier molecular flexibility index (Phi) is 13.0. The van der Waals surface area contributed by atoms with E-state index in [0.717, 1.165) is 64.1 Å². The van der Waals surface area contributed by atoms with Crippen LogP contribution in [-0.4, -0.2) is 136 Å². The number of cyclic esters (lactones) is 1. The number of benzene rings is 1. The molecule has 1 saturated carbocycles. The number of nitrogens with one attached hydrogen (secondary N) is 2. The molecule has 0 radical (unpaired) electrons. The Balaban J connectivity index is 1.16. The number of fused-ring (bicyclic) bond motifs is 6. The van der Waals surface area contributed by atoms with Crippen LogP contribution in [0.25, 0.3) is 33.4 Å². The summed E-state index contributed by atoms with van der Waals surface area (Å²) < 4.78 is 14.3. The van der Waals surface area contributed by atoms with Crippen LogP contribution in [0.1, 0.15) is 89.6 Å². The van der Waals surface area contributed by atoms with Crippen molar-refractivity contribution < 1.29 is 28.7 Å². The molecular weight excluding hydrogens is 831 g/mol. The van der Waals surface area contributed by atoms with Crippen LogP contribution in [0.4, 0.5) is 4.79 Å². The first-order valence-corrected chi connectivity index (χ1v) is 23.8. The first-order chi connectivity index (χ1) is 30.5. The third-order valence-corrected chi connectivity index (χ3v) is 14.7. The van der Waals surface area contributed by atoms with Crippen LogP contribution in [-0.2, 0) is 43.2 Å². The number of nitrogens with zero attached hydrogens (tertiary/aromatic N) is 7. The van der Waals surface area contributed by atoms with Crippen molar-refractivity contribution in [2.24, 2.45) is 11.3 Å². The lowest BCUT2D eigenvalue weighted by Crippen LogP contribution is -2.63. The van der Waals surface area contributed by atoms with Crippen LogP contribution in [0.3, 0.4) is 0 Å². The van der Waals surface area contributed by atoms with Crippen LogP contribution in [0.5, 0.6) is 0 Å². The zero-order valence-electron chi connectivity index (χ0n) is 38.9. The van der Waals surface area contributed by atoms with Crippen molar-refractivity contribution in [3.05, 3.63) is 58.2 Å². The number of aromatic nitrogens is 3. The molecule has 16 heteroatoms. The number of carbonyl (C=O) groups is 4. The fraction of sp³-hybridized carbons (Fsp3) is 0.583. The lowest BCUT2D eigenvalue weighted by molar-refractivity contribution is -0.155. The molecular formula is C48H65N9O6S. The van der Waals surface area contributed by atoms with E-state index >= 15 is 0 Å². The summed E-state index contributed by atoms with van der Waals surface area (Å²) in [7, 11) is 5.49. The number of hydrogen-bond donors (Lipinski definition) is 2. The zero-order chi connectivity index (χ0) is 45.7. The maximum Gasteiger partial charge on any atom is 0.324 e. The van der Waals surface area contributed by atoms with Crippen molar-refractivity contribution in [1.29, 1.82) is 0 Å². The maximum atomic E-state index is 14.6. The summed E-state index contributed by atoms with van der Waals surface area (Å²) in [6, 6.07) is 7.67. The highest BCUT2D eigenvalue weighted by Crippen LogP contribution is 2.44. The number of piperazine rings is 1. The van der Waals surface area contributed by atoms with Crippen molar-refractivity contribution in [3.63, 3.8) is 0 Å². The normalized spacial score (nSPS) is 22.3. The van der Waals surface area contributed by atoms with E-state index in [-0.39, 0.29) is 42.5 Å². The lowest BCUT2D eigenvalue weighted by Gasteiger charge is -2.43. The number of thiazole rings is 1. The Bertz CT molecular complexity index is 2410. The predicted molar refractivity (Wildman–Crippen MR) is 247 cm³/mol. The number of hydrogen-bond acceptors (Lipinski definition) is 11. The number of urea groups is 1. The standard InChI is InChI=1S/C48H65N9O6S/c1-10-56-38-16-15-31-23-33(38)34(42(56)32-13-11-19-49-40(32)30(4)62-9)25-47(5,6)28-63-45(60)35-14-12-20-57(52-35)44(59)36(24-39-50-37(31)26-64-39)51-43(58)41(29(2)3)54(8)46(61)55-22-21-53(7)48(27-55)17-18-48/h11,13,15-16,19,23,26,29-30,35-36,41,52H,10,12,14,17-18,20-22,24-25,27-28H2,1-9H3,(H,51,58)/t30-,35-,36-,41?/m0/s1. The number of hydrazine groups is 1. The molecule has 6 bridgehead atoms. The van der Waals surface area contributed by atoms with Crippen LogP contribution in [0.15, 0.2) is 41.9 Å². The van der Waals surface area contributed by atoms with Gasteiger partial charge >= 0.3 is 12.0 Å². The Labute approximate surface area is 380 Å². The van der Waals surface area contributed by atoms with Gasteiger partial charge in [-0.3, -0.25) is 29.3 Å². The minimum atomic E-state index is -1.03. The van der Waals surface area contributed by atoms with Crippen molar-refractivity contribution in [2.75, 3.05) is 54.0 Å². The molecule has 3 aromatic heterocycles. The monoisotopic (exact) mass is 895 g/mol. The molecule has 64 heavy (non-hydrogen) atoms. The summed E-state index contributed by atoms with van der Waals surface area (Å²) in [5.41, 5.74) is 9.46. The van der Waals surface area contributed by atoms with Gasteiger partial charge in [-0.2, -0.15) is 0 Å². The number of methoxy groups -OCH3 is 1. The van der Waals surface area contributed by atoms with E-state index in [4.69, 9.17) is 19.4 Å². The van der Waals surface area contributed by atoms with Gasteiger partial charge in [0, 0.05) is 97.9 Å². The molecule has 3 fully saturated rings. The van der Waals surface area contributed by atoms with E-state index in [1.807, 2.05) is 37.1 Å². The van der Waals surface area contributed by atoms with Gasteiger partial charge in [0.2, 0.25) is 5.91 Å². The van der Waals surface area contributed by atoms with Gasteiger partial charge in [0.05, 0.1) is 34.8 Å². The summed E-state index contributed by atoms with van der Waals surface area (Å²) >= 11 is 1.44. The van der Waals surface area contributed by atoms with Crippen molar-refractivity contribution >= 4 is 46.1 Å². The SMILES string of the molecule is CCn1c(-c2cccnc2[C@H](C)OC)c2c3cc(ccc31)-c1csc(n1)C[C@H](NC(=O)C(C(C)C)N(C)C(=O)N1CCN(C)C3(CC3)C1)C(=O)N1CCC[C@H](N1)C(=O)OCC(C)(C)C2. The van der Waals surface area contributed by atoms with Crippen molar-refractivity contribution in [3.8, 4) is 22.5 Å². The summed E-state index contributed by atoms with van der Waals surface area (Å²) in [5, 5.41) is 8.27. The minimum absolute atomic E-state index is 0.0255. The second-order valence-electron chi connectivity index (χ2n) is 19.4. The van der Waals surface area contributed by atoms with Gasteiger partial charge in [0.25, 0.3) is 5.91 Å². The highest BCUT2D eigenvalue weighted by molar-refractivity contribution is 7.10. The first kappa shape index (κ1) is 45.7. The van der Waals surface area contributed by atoms with Crippen molar-refractivity contribution in [2.45, 2.75) is 116 Å². The van der Waals surface area contributed by atoms with Gasteiger partial charge in [-0.05, 0) is 88.7 Å². The molecule has 4 amide bonds. The van der Waals surface area contributed by atoms with E-state index in [0.29, 0.717) is 50.4 Å². The smallest absolute Gasteiger partial charge is 0.324 e. The van der Waals surface area contributed by atoms with Crippen molar-refractivity contribution in [1.82, 2.24) is 45.0 Å². The van der Waals surface area contributed by atoms with Crippen LogP contribution in [0.2, 0.25) is 0 Å². The first-order valence-electron chi connectivity index (χ1n) is 22.9. The number of rotatable bonds is 8. The average Bonchev–Trinajstić information content (AvgIpc) is 3.79. The largest absolute Gasteiger partial charge is 0.464 e. The second kappa shape index (κ2) is 18.2. The molecule has 4 atom stereocenters. The fourth-order valence-electron chi connectivity index (χ4n) is 10.00. The molecule has 3 aliphatic heterocycles. The van der Waals surface area contributed by atoms with E-state index in [1.54, 1.807) is 20.4 Å². The maximum absolute atomic E-state index is 14.6. The van der Waals surface area contributed by atoms with Crippen LogP contribution >= 0.6 is 11.3 Å². The van der Waals surface area contributed by atoms with E-state index < -0.39 is 35.4 Å². The fourth-order valence-corrected chi connectivity index (χ4v) is 10.8.